The van der Waals surface area contributed by atoms with Gasteiger partial charge in [0.25, 0.3) is 0 Å². The standard InChI is InChI=1S/C15H25NO.C10H18O3/c1-12-4-2-6-14(12)7-3-5-13-8-10-15(16-17)11-9-13;1-13-10(12)7-6-8-4-2-3-5-9(8)11/h3,7,12-15H,2,4-6,8-11H2,1H3;8-9,11H,2-7H2,1H3/b7-3+;/t12-,13?,14?,15?;/m1./s1. The van der Waals surface area contributed by atoms with Gasteiger partial charge in [0.05, 0.1) is 19.3 Å². The molecule has 5 nitrogen and oxygen atoms in total. The van der Waals surface area contributed by atoms with Crippen LogP contribution in [0, 0.1) is 28.6 Å². The lowest BCUT2D eigenvalue weighted by atomic mass is 9.84. The Morgan fingerprint density at radius 1 is 1.03 bits per heavy atom. The molecule has 3 rings (SSSR count). The van der Waals surface area contributed by atoms with E-state index in [4.69, 9.17) is 0 Å². The smallest absolute Gasteiger partial charge is 0.305 e. The molecule has 5 heteroatoms. The SMILES string of the molecule is COC(=O)CCC1CCCCC1O.C[C@@H]1CCCC1/C=C/CC1CCC(N=O)CC1. The van der Waals surface area contributed by atoms with Crippen molar-refractivity contribution in [1.82, 2.24) is 0 Å². The Labute approximate surface area is 183 Å². The number of aliphatic hydroxyl groups excluding tert-OH is 1. The summed E-state index contributed by atoms with van der Waals surface area (Å²) in [4.78, 5) is 21.3. The molecular weight excluding hydrogens is 378 g/mol. The van der Waals surface area contributed by atoms with Crippen molar-refractivity contribution in [1.29, 1.82) is 0 Å². The zero-order chi connectivity index (χ0) is 21.8. The predicted molar refractivity (Wildman–Crippen MR) is 121 cm³/mol. The highest BCUT2D eigenvalue weighted by Gasteiger charge is 2.24. The topological polar surface area (TPSA) is 76.0 Å². The van der Waals surface area contributed by atoms with Crippen LogP contribution in [0.25, 0.3) is 0 Å². The van der Waals surface area contributed by atoms with Crippen molar-refractivity contribution in [3.05, 3.63) is 17.1 Å². The molecule has 0 amide bonds. The fourth-order valence-corrected chi connectivity index (χ4v) is 5.32. The highest BCUT2D eigenvalue weighted by Crippen LogP contribution is 2.33. The van der Waals surface area contributed by atoms with Crippen LogP contribution >= 0.6 is 0 Å². The van der Waals surface area contributed by atoms with E-state index in [-0.39, 0.29) is 18.1 Å². The first-order chi connectivity index (χ1) is 14.5. The second-order valence-corrected chi connectivity index (χ2v) is 9.74. The highest BCUT2D eigenvalue weighted by atomic mass is 16.5. The molecule has 3 saturated carbocycles. The lowest BCUT2D eigenvalue weighted by molar-refractivity contribution is -0.141. The van der Waals surface area contributed by atoms with E-state index >= 15 is 0 Å². The quantitative estimate of drug-likeness (QED) is 0.302. The molecule has 0 aromatic carbocycles. The fourth-order valence-electron chi connectivity index (χ4n) is 5.32. The number of nitroso groups, excluding NO2 is 1. The van der Waals surface area contributed by atoms with Gasteiger partial charge in [0.15, 0.2) is 0 Å². The first-order valence-electron chi connectivity index (χ1n) is 12.3. The van der Waals surface area contributed by atoms with Gasteiger partial charge in [0.2, 0.25) is 0 Å². The molecule has 0 radical (unpaired) electrons. The molecule has 0 aromatic heterocycles. The maximum Gasteiger partial charge on any atom is 0.305 e. The number of nitrogens with zero attached hydrogens (tertiary/aromatic N) is 1. The first kappa shape index (κ1) is 25.0. The number of methoxy groups -OCH3 is 1. The molecule has 30 heavy (non-hydrogen) atoms. The number of rotatable bonds is 7. The van der Waals surface area contributed by atoms with Gasteiger partial charge in [-0.3, -0.25) is 4.79 Å². The molecule has 0 spiro atoms. The van der Waals surface area contributed by atoms with Crippen LogP contribution in [0.1, 0.15) is 96.8 Å². The average molecular weight is 422 g/mol. The van der Waals surface area contributed by atoms with Gasteiger partial charge in [0, 0.05) is 6.42 Å². The van der Waals surface area contributed by atoms with Gasteiger partial charge in [0.1, 0.15) is 0 Å². The third kappa shape index (κ3) is 8.87. The molecule has 0 saturated heterocycles. The molecule has 0 aliphatic heterocycles. The van der Waals surface area contributed by atoms with Crippen molar-refractivity contribution >= 4 is 5.97 Å². The Balaban J connectivity index is 0.000000222. The number of carbonyl (C=O) groups excluding carboxylic acids is 1. The van der Waals surface area contributed by atoms with E-state index in [1.165, 1.54) is 52.1 Å². The van der Waals surface area contributed by atoms with Crippen LogP contribution in [0.15, 0.2) is 17.3 Å². The molecule has 0 heterocycles. The molecule has 4 atom stereocenters. The van der Waals surface area contributed by atoms with Gasteiger partial charge >= 0.3 is 5.97 Å². The molecule has 3 unspecified atom stereocenters. The van der Waals surface area contributed by atoms with Crippen molar-refractivity contribution in [3.63, 3.8) is 0 Å². The summed E-state index contributed by atoms with van der Waals surface area (Å²) in [5.74, 6) is 2.68. The van der Waals surface area contributed by atoms with Gasteiger partial charge in [-0.15, -0.1) is 0 Å². The molecule has 1 N–H and O–H groups in total. The van der Waals surface area contributed by atoms with Gasteiger partial charge in [-0.2, -0.15) is 4.91 Å². The van der Waals surface area contributed by atoms with E-state index in [2.05, 4.69) is 29.0 Å². The van der Waals surface area contributed by atoms with E-state index in [0.717, 1.165) is 56.3 Å². The Hall–Kier alpha value is -1.23. The third-order valence-electron chi connectivity index (χ3n) is 7.56. The van der Waals surface area contributed by atoms with Gasteiger partial charge in [-0.05, 0) is 81.5 Å². The van der Waals surface area contributed by atoms with E-state index in [1.54, 1.807) is 0 Å². The minimum atomic E-state index is -0.196. The number of esters is 1. The lowest BCUT2D eigenvalue weighted by Gasteiger charge is -2.26. The van der Waals surface area contributed by atoms with Crippen LogP contribution in [-0.4, -0.2) is 30.3 Å². The van der Waals surface area contributed by atoms with Crippen LogP contribution in [0.2, 0.25) is 0 Å². The van der Waals surface area contributed by atoms with Crippen LogP contribution in [0.5, 0.6) is 0 Å². The maximum atomic E-state index is 10.9. The summed E-state index contributed by atoms with van der Waals surface area (Å²) in [7, 11) is 1.40. The Morgan fingerprint density at radius 2 is 1.77 bits per heavy atom. The lowest BCUT2D eigenvalue weighted by Crippen LogP contribution is -2.25. The first-order valence-corrected chi connectivity index (χ1v) is 12.3. The number of allylic oxidation sites excluding steroid dienone is 2. The summed E-state index contributed by atoms with van der Waals surface area (Å²) in [6.45, 7) is 2.38. The molecule has 3 aliphatic carbocycles. The minimum Gasteiger partial charge on any atom is -0.469 e. The summed E-state index contributed by atoms with van der Waals surface area (Å²) in [6.07, 6.45) is 20.0. The van der Waals surface area contributed by atoms with Gasteiger partial charge in [-0.1, -0.05) is 49.9 Å². The molecular formula is C25H43NO4. The highest BCUT2D eigenvalue weighted by molar-refractivity contribution is 5.69. The largest absolute Gasteiger partial charge is 0.469 e. The van der Waals surface area contributed by atoms with Gasteiger partial charge < -0.3 is 9.84 Å². The molecule has 0 bridgehead atoms. The number of carbonyl (C=O) groups is 1. The van der Waals surface area contributed by atoms with Crippen LogP contribution < -0.4 is 0 Å². The average Bonchev–Trinajstić information content (AvgIpc) is 3.18. The van der Waals surface area contributed by atoms with Crippen molar-refractivity contribution in [2.45, 2.75) is 109 Å². The van der Waals surface area contributed by atoms with E-state index < -0.39 is 0 Å². The predicted octanol–water partition coefficient (Wildman–Crippen LogP) is 6.18. The molecule has 172 valence electrons. The molecule has 0 aromatic rings. The Kier molecular flexibility index (Phi) is 11.6. The minimum absolute atomic E-state index is 0.116. The van der Waals surface area contributed by atoms with E-state index in [0.29, 0.717) is 12.3 Å². The van der Waals surface area contributed by atoms with E-state index in [9.17, 15) is 14.8 Å². The van der Waals surface area contributed by atoms with Crippen LogP contribution in [0.4, 0.5) is 0 Å². The molecule has 3 aliphatic rings. The zero-order valence-corrected chi connectivity index (χ0v) is 19.1. The van der Waals surface area contributed by atoms with Crippen molar-refractivity contribution in [2.24, 2.45) is 28.8 Å². The maximum absolute atomic E-state index is 10.9. The molecule has 3 fully saturated rings. The monoisotopic (exact) mass is 421 g/mol. The zero-order valence-electron chi connectivity index (χ0n) is 19.1. The Morgan fingerprint density at radius 3 is 2.37 bits per heavy atom. The Bertz CT molecular complexity index is 527. The normalized spacial score (nSPS) is 34.2. The number of ether oxygens (including phenoxy) is 1. The van der Waals surface area contributed by atoms with Crippen molar-refractivity contribution in [2.75, 3.05) is 7.11 Å². The second kappa shape index (κ2) is 14.0. The van der Waals surface area contributed by atoms with Crippen molar-refractivity contribution < 1.29 is 14.6 Å². The van der Waals surface area contributed by atoms with Gasteiger partial charge in [-0.25, -0.2) is 0 Å². The number of hydrogen-bond donors (Lipinski definition) is 1. The van der Waals surface area contributed by atoms with Crippen LogP contribution in [-0.2, 0) is 9.53 Å². The summed E-state index contributed by atoms with van der Waals surface area (Å²) >= 11 is 0. The second-order valence-electron chi connectivity index (χ2n) is 9.74. The summed E-state index contributed by atoms with van der Waals surface area (Å²) in [5, 5.41) is 12.8. The van der Waals surface area contributed by atoms with Crippen LogP contribution in [0.3, 0.4) is 0 Å². The third-order valence-corrected chi connectivity index (χ3v) is 7.56. The summed E-state index contributed by atoms with van der Waals surface area (Å²) in [5.41, 5.74) is 0. The summed E-state index contributed by atoms with van der Waals surface area (Å²) in [6, 6.07) is 0.116. The fraction of sp³-hybridized carbons (Fsp3) is 0.880. The van der Waals surface area contributed by atoms with Crippen molar-refractivity contribution in [3.8, 4) is 0 Å². The number of hydrogen-bond acceptors (Lipinski definition) is 5. The number of aliphatic hydroxyl groups is 1. The van der Waals surface area contributed by atoms with E-state index in [1.807, 2.05) is 0 Å². The summed E-state index contributed by atoms with van der Waals surface area (Å²) < 4.78 is 4.56.